The lowest BCUT2D eigenvalue weighted by Gasteiger charge is -2.06. The van der Waals surface area contributed by atoms with E-state index in [4.69, 9.17) is 17.3 Å². The third-order valence-electron chi connectivity index (χ3n) is 3.10. The number of fused-ring (bicyclic) bond motifs is 1. The van der Waals surface area contributed by atoms with E-state index in [0.717, 1.165) is 28.5 Å². The number of pyridine rings is 1. The number of hydrogen-bond acceptors (Lipinski definition) is 2. The number of nitrogens with two attached hydrogens (primary N) is 1. The molecule has 0 spiro atoms. The van der Waals surface area contributed by atoms with Gasteiger partial charge in [-0.25, -0.2) is 4.98 Å². The average molecular weight is 261 g/mol. The minimum absolute atomic E-state index is 0.538. The van der Waals surface area contributed by atoms with Crippen molar-refractivity contribution in [1.29, 1.82) is 0 Å². The molecule has 2 rings (SSSR count). The van der Waals surface area contributed by atoms with E-state index in [-0.39, 0.29) is 0 Å². The van der Waals surface area contributed by atoms with Crippen LogP contribution < -0.4 is 5.73 Å². The second-order valence-electron chi connectivity index (χ2n) is 4.38. The van der Waals surface area contributed by atoms with Gasteiger partial charge in [0.25, 0.3) is 0 Å². The fraction of sp³-hybridized carbons (Fsp3) is 0.267. The van der Waals surface area contributed by atoms with E-state index in [1.54, 1.807) is 0 Å². The Morgan fingerprint density at radius 2 is 2.22 bits per heavy atom. The number of benzene rings is 1. The number of aromatic nitrogens is 1. The van der Waals surface area contributed by atoms with Crippen LogP contribution >= 0.6 is 11.6 Å². The first-order valence-corrected chi connectivity index (χ1v) is 6.49. The summed E-state index contributed by atoms with van der Waals surface area (Å²) in [5.74, 6) is 0. The third-order valence-corrected chi connectivity index (χ3v) is 3.41. The van der Waals surface area contributed by atoms with Gasteiger partial charge in [0.2, 0.25) is 0 Å². The lowest BCUT2D eigenvalue weighted by molar-refractivity contribution is 1.02. The fourth-order valence-corrected chi connectivity index (χ4v) is 2.16. The van der Waals surface area contributed by atoms with Gasteiger partial charge in [-0.2, -0.15) is 0 Å². The van der Waals surface area contributed by atoms with Gasteiger partial charge in [-0.15, -0.1) is 0 Å². The molecule has 3 heteroatoms. The van der Waals surface area contributed by atoms with E-state index in [1.165, 1.54) is 5.57 Å². The van der Waals surface area contributed by atoms with Crippen molar-refractivity contribution in [2.45, 2.75) is 20.3 Å². The van der Waals surface area contributed by atoms with E-state index in [0.29, 0.717) is 11.7 Å². The van der Waals surface area contributed by atoms with Crippen LogP contribution in [0.25, 0.3) is 17.0 Å². The van der Waals surface area contributed by atoms with Crippen LogP contribution in [-0.4, -0.2) is 11.5 Å². The van der Waals surface area contributed by atoms with E-state index < -0.39 is 0 Å². The Morgan fingerprint density at radius 3 is 2.89 bits per heavy atom. The third kappa shape index (κ3) is 2.55. The molecule has 0 atom stereocenters. The smallest absolute Gasteiger partial charge is 0.137 e. The van der Waals surface area contributed by atoms with E-state index in [9.17, 15) is 0 Å². The largest absolute Gasteiger partial charge is 0.327 e. The van der Waals surface area contributed by atoms with Gasteiger partial charge in [0.1, 0.15) is 5.15 Å². The molecule has 0 radical (unpaired) electrons. The first-order valence-electron chi connectivity index (χ1n) is 6.11. The number of nitrogens with zero attached hydrogens (tertiary/aromatic N) is 1. The quantitative estimate of drug-likeness (QED) is 0.849. The Kier molecular flexibility index (Phi) is 4.00. The monoisotopic (exact) mass is 260 g/mol. The van der Waals surface area contributed by atoms with Crippen molar-refractivity contribution in [2.24, 2.45) is 5.73 Å². The summed E-state index contributed by atoms with van der Waals surface area (Å²) in [6, 6.07) is 8.20. The Morgan fingerprint density at radius 1 is 1.44 bits per heavy atom. The maximum absolute atomic E-state index is 6.24. The summed E-state index contributed by atoms with van der Waals surface area (Å²) in [5.41, 5.74) is 9.90. The molecule has 2 N–H and O–H groups in total. The molecule has 0 saturated carbocycles. The number of halogens is 1. The summed E-state index contributed by atoms with van der Waals surface area (Å²) >= 11 is 6.24. The molecule has 0 saturated heterocycles. The summed E-state index contributed by atoms with van der Waals surface area (Å²) in [5, 5.41) is 1.65. The fourth-order valence-electron chi connectivity index (χ4n) is 1.97. The molecule has 0 amide bonds. The minimum Gasteiger partial charge on any atom is -0.327 e. The van der Waals surface area contributed by atoms with E-state index >= 15 is 0 Å². The molecule has 94 valence electrons. The zero-order valence-electron chi connectivity index (χ0n) is 10.7. The van der Waals surface area contributed by atoms with Crippen molar-refractivity contribution in [3.05, 3.63) is 46.1 Å². The molecule has 1 aromatic carbocycles. The highest BCUT2D eigenvalue weighted by atomic mass is 35.5. The first kappa shape index (κ1) is 13.1. The molecule has 18 heavy (non-hydrogen) atoms. The van der Waals surface area contributed by atoms with E-state index in [1.807, 2.05) is 25.1 Å². The van der Waals surface area contributed by atoms with Gasteiger partial charge in [0, 0.05) is 17.5 Å². The Bertz CT molecular complexity index is 597. The zero-order valence-corrected chi connectivity index (χ0v) is 11.5. The van der Waals surface area contributed by atoms with Crippen LogP contribution in [-0.2, 0) is 0 Å². The second-order valence-corrected chi connectivity index (χ2v) is 4.73. The highest BCUT2D eigenvalue weighted by Crippen LogP contribution is 2.24. The number of rotatable bonds is 3. The predicted octanol–water partition coefficient (Wildman–Crippen LogP) is 3.95. The highest BCUT2D eigenvalue weighted by Gasteiger charge is 2.05. The number of hydrogen-bond donors (Lipinski definition) is 1. The average Bonchev–Trinajstić information content (AvgIpc) is 2.37. The van der Waals surface area contributed by atoms with Crippen molar-refractivity contribution in [2.75, 3.05) is 6.54 Å². The molecule has 0 aliphatic carbocycles. The van der Waals surface area contributed by atoms with Gasteiger partial charge in [0.15, 0.2) is 0 Å². The van der Waals surface area contributed by atoms with Crippen molar-refractivity contribution in [3.63, 3.8) is 0 Å². The van der Waals surface area contributed by atoms with E-state index in [2.05, 4.69) is 24.0 Å². The summed E-state index contributed by atoms with van der Waals surface area (Å²) in [7, 11) is 0. The Labute approximate surface area is 112 Å². The molecule has 1 aromatic heterocycles. The van der Waals surface area contributed by atoms with Gasteiger partial charge >= 0.3 is 0 Å². The molecule has 1 heterocycles. The van der Waals surface area contributed by atoms with Crippen LogP contribution in [0.15, 0.2) is 29.8 Å². The SMILES string of the molecule is CCC(=Cc1cc2cccc(C)c2nc1Cl)CN. The Balaban J connectivity index is 2.60. The van der Waals surface area contributed by atoms with Gasteiger partial charge < -0.3 is 5.73 Å². The molecule has 0 bridgehead atoms. The van der Waals surface area contributed by atoms with Crippen LogP contribution in [0.5, 0.6) is 0 Å². The minimum atomic E-state index is 0.538. The maximum Gasteiger partial charge on any atom is 0.137 e. The van der Waals surface area contributed by atoms with Crippen molar-refractivity contribution < 1.29 is 0 Å². The predicted molar refractivity (Wildman–Crippen MR) is 78.8 cm³/mol. The topological polar surface area (TPSA) is 38.9 Å². The van der Waals surface area contributed by atoms with Crippen LogP contribution in [0.3, 0.4) is 0 Å². The van der Waals surface area contributed by atoms with Crippen LogP contribution in [0.2, 0.25) is 5.15 Å². The van der Waals surface area contributed by atoms with Crippen LogP contribution in [0.4, 0.5) is 0 Å². The molecular formula is C15H17ClN2. The summed E-state index contributed by atoms with van der Waals surface area (Å²) in [6.45, 7) is 4.68. The highest BCUT2D eigenvalue weighted by molar-refractivity contribution is 6.31. The Hall–Kier alpha value is -1.38. The lowest BCUT2D eigenvalue weighted by Crippen LogP contribution is -2.02. The summed E-state index contributed by atoms with van der Waals surface area (Å²) in [4.78, 5) is 4.48. The van der Waals surface area contributed by atoms with Gasteiger partial charge in [0.05, 0.1) is 5.52 Å². The lowest BCUT2D eigenvalue weighted by atomic mass is 10.1. The zero-order chi connectivity index (χ0) is 13.1. The molecule has 0 aliphatic heterocycles. The molecule has 2 nitrogen and oxygen atoms in total. The standard InChI is InChI=1S/C15H17ClN2/c1-3-11(9-17)7-13-8-12-6-4-5-10(2)14(12)18-15(13)16/h4-8H,3,9,17H2,1-2H3. The van der Waals surface area contributed by atoms with Crippen molar-refractivity contribution >= 4 is 28.6 Å². The van der Waals surface area contributed by atoms with Crippen molar-refractivity contribution in [1.82, 2.24) is 4.98 Å². The van der Waals surface area contributed by atoms with Gasteiger partial charge in [-0.05, 0) is 25.0 Å². The summed E-state index contributed by atoms with van der Waals surface area (Å²) < 4.78 is 0. The van der Waals surface area contributed by atoms with Crippen LogP contribution in [0.1, 0.15) is 24.5 Å². The second kappa shape index (κ2) is 5.51. The molecule has 0 unspecified atom stereocenters. The number of para-hydroxylation sites is 1. The van der Waals surface area contributed by atoms with Crippen molar-refractivity contribution in [3.8, 4) is 0 Å². The maximum atomic E-state index is 6.24. The van der Waals surface area contributed by atoms with Gasteiger partial charge in [-0.1, -0.05) is 48.4 Å². The normalized spacial score (nSPS) is 12.1. The van der Waals surface area contributed by atoms with Crippen LogP contribution in [0, 0.1) is 6.92 Å². The summed E-state index contributed by atoms with van der Waals surface area (Å²) in [6.07, 6.45) is 2.97. The molecular weight excluding hydrogens is 244 g/mol. The molecule has 0 fully saturated rings. The molecule has 2 aromatic rings. The van der Waals surface area contributed by atoms with Gasteiger partial charge in [-0.3, -0.25) is 0 Å². The molecule has 0 aliphatic rings. The first-order chi connectivity index (χ1) is 8.65. The number of aryl methyl sites for hydroxylation is 1.